The molecule has 28 heavy (non-hydrogen) atoms. The highest BCUT2D eigenvalue weighted by Gasteiger charge is 2.54. The van der Waals surface area contributed by atoms with E-state index in [2.05, 4.69) is 10.1 Å². The number of carbonyl (C=O) groups is 1. The molecule has 8 heteroatoms. The van der Waals surface area contributed by atoms with Crippen molar-refractivity contribution in [2.45, 2.75) is 37.8 Å². The number of hydrogen-bond donors (Lipinski definition) is 0. The number of hydrogen-bond acceptors (Lipinski definition) is 4. The van der Waals surface area contributed by atoms with Gasteiger partial charge in [-0.2, -0.15) is 18.2 Å². The van der Waals surface area contributed by atoms with Gasteiger partial charge in [-0.15, -0.1) is 0 Å². The minimum Gasteiger partial charge on any atom is -0.342 e. The summed E-state index contributed by atoms with van der Waals surface area (Å²) >= 11 is 0. The van der Waals surface area contributed by atoms with E-state index in [-0.39, 0.29) is 23.6 Å². The molecule has 3 aliphatic rings. The fourth-order valence-electron chi connectivity index (χ4n) is 5.05. The van der Waals surface area contributed by atoms with E-state index in [1.807, 2.05) is 4.90 Å². The first-order valence-corrected chi connectivity index (χ1v) is 9.72. The molecule has 3 fully saturated rings. The van der Waals surface area contributed by atoms with E-state index in [1.54, 1.807) is 0 Å². The summed E-state index contributed by atoms with van der Waals surface area (Å²) in [7, 11) is 0. The first-order valence-electron chi connectivity index (χ1n) is 9.72. The number of halogens is 3. The highest BCUT2D eigenvalue weighted by atomic mass is 19.4. The van der Waals surface area contributed by atoms with Gasteiger partial charge >= 0.3 is 6.18 Å². The summed E-state index contributed by atoms with van der Waals surface area (Å²) in [6.07, 6.45) is -0.209. The minimum atomic E-state index is -4.38. The lowest BCUT2D eigenvalue weighted by Crippen LogP contribution is -2.47. The number of aromatic nitrogens is 2. The average molecular weight is 391 g/mol. The molecular formula is C20H20F3N3O2. The number of fused-ring (bicyclic) bond motifs is 2. The third-order valence-electron chi connectivity index (χ3n) is 6.57. The number of benzene rings is 1. The van der Waals surface area contributed by atoms with Crippen LogP contribution >= 0.6 is 0 Å². The first-order chi connectivity index (χ1) is 13.4. The Morgan fingerprint density at radius 2 is 1.82 bits per heavy atom. The molecule has 1 aromatic heterocycles. The summed E-state index contributed by atoms with van der Waals surface area (Å²) in [5.74, 6) is 1.44. The van der Waals surface area contributed by atoms with E-state index in [9.17, 15) is 18.0 Å². The molecule has 2 heterocycles. The van der Waals surface area contributed by atoms with Crippen LogP contribution in [0.25, 0.3) is 11.4 Å². The van der Waals surface area contributed by atoms with Gasteiger partial charge in [0, 0.05) is 18.7 Å². The summed E-state index contributed by atoms with van der Waals surface area (Å²) in [4.78, 5) is 19.3. The lowest BCUT2D eigenvalue weighted by Gasteiger charge is -2.37. The van der Waals surface area contributed by atoms with Gasteiger partial charge in [0.25, 0.3) is 0 Å². The van der Waals surface area contributed by atoms with Crippen LogP contribution in [-0.2, 0) is 11.0 Å². The predicted octanol–water partition coefficient (Wildman–Crippen LogP) is 4.12. The quantitative estimate of drug-likeness (QED) is 0.790. The topological polar surface area (TPSA) is 59.2 Å². The van der Waals surface area contributed by atoms with Gasteiger partial charge in [-0.05, 0) is 49.7 Å². The number of alkyl halides is 3. The predicted molar refractivity (Wildman–Crippen MR) is 93.0 cm³/mol. The van der Waals surface area contributed by atoms with E-state index in [0.717, 1.165) is 50.9 Å². The van der Waals surface area contributed by atoms with Crippen molar-refractivity contribution in [3.8, 4) is 11.4 Å². The Labute approximate surface area is 159 Å². The van der Waals surface area contributed by atoms with Crippen LogP contribution in [0.1, 0.15) is 43.1 Å². The van der Waals surface area contributed by atoms with Gasteiger partial charge in [-0.1, -0.05) is 17.3 Å². The van der Waals surface area contributed by atoms with Crippen LogP contribution in [0.15, 0.2) is 28.8 Å². The molecule has 5 rings (SSSR count). The summed E-state index contributed by atoms with van der Waals surface area (Å²) < 4.78 is 43.8. The average Bonchev–Trinajstić information content (AvgIpc) is 3.34. The van der Waals surface area contributed by atoms with Crippen LogP contribution in [0, 0.1) is 17.8 Å². The smallest absolute Gasteiger partial charge is 0.342 e. The second-order valence-electron chi connectivity index (χ2n) is 8.09. The van der Waals surface area contributed by atoms with E-state index in [1.165, 1.54) is 12.1 Å². The fourth-order valence-corrected chi connectivity index (χ4v) is 5.05. The fraction of sp³-hybridized carbons (Fsp3) is 0.550. The molecule has 2 bridgehead atoms. The highest BCUT2D eigenvalue weighted by molar-refractivity contribution is 5.81. The Hall–Kier alpha value is -2.38. The lowest BCUT2D eigenvalue weighted by atomic mass is 9.78. The van der Waals surface area contributed by atoms with E-state index >= 15 is 0 Å². The maximum absolute atomic E-state index is 12.9. The zero-order chi connectivity index (χ0) is 19.5. The Bertz CT molecular complexity index is 889. The van der Waals surface area contributed by atoms with Gasteiger partial charge in [0.05, 0.1) is 17.4 Å². The minimum absolute atomic E-state index is 0.0810. The molecule has 1 amide bonds. The normalized spacial score (nSPS) is 29.2. The van der Waals surface area contributed by atoms with Crippen molar-refractivity contribution in [1.82, 2.24) is 15.0 Å². The second-order valence-corrected chi connectivity index (χ2v) is 8.09. The Morgan fingerprint density at radius 3 is 2.46 bits per heavy atom. The molecule has 148 valence electrons. The molecule has 0 spiro atoms. The zero-order valence-electron chi connectivity index (χ0n) is 15.2. The highest BCUT2D eigenvalue weighted by Crippen LogP contribution is 2.57. The van der Waals surface area contributed by atoms with Crippen LogP contribution in [0.3, 0.4) is 0 Å². The van der Waals surface area contributed by atoms with Crippen molar-refractivity contribution in [3.05, 3.63) is 35.7 Å². The standard InChI is InChI=1S/C20H20F3N3O2/c21-20(22,23)14-6-4-11(5-7-14)17-24-18(28-25-17)15-12-2-3-13(10-12)16(15)19(27)26-8-1-9-26/h4-7,12-13,15-16H,1-3,8-10H2/t12-,13+,15+,16+/m1/s1. The van der Waals surface area contributed by atoms with E-state index in [0.29, 0.717) is 23.3 Å². The largest absolute Gasteiger partial charge is 0.416 e. The number of nitrogens with zero attached hydrogens (tertiary/aromatic N) is 3. The first kappa shape index (κ1) is 17.7. The molecule has 2 aliphatic carbocycles. The molecule has 1 saturated heterocycles. The summed E-state index contributed by atoms with van der Waals surface area (Å²) in [5.41, 5.74) is -0.245. The maximum atomic E-state index is 12.9. The van der Waals surface area contributed by atoms with Gasteiger partial charge < -0.3 is 9.42 Å². The molecule has 0 unspecified atom stereocenters. The Morgan fingerprint density at radius 1 is 1.11 bits per heavy atom. The van der Waals surface area contributed by atoms with Crippen LogP contribution in [-0.4, -0.2) is 34.0 Å². The second kappa shape index (κ2) is 6.32. The summed E-state index contributed by atoms with van der Waals surface area (Å²) in [6, 6.07) is 4.72. The van der Waals surface area contributed by atoms with Crippen molar-refractivity contribution in [2.75, 3.05) is 13.1 Å². The molecule has 5 nitrogen and oxygen atoms in total. The molecule has 0 N–H and O–H groups in total. The summed E-state index contributed by atoms with van der Waals surface area (Å²) in [5, 5.41) is 3.99. The van der Waals surface area contributed by atoms with Crippen molar-refractivity contribution < 1.29 is 22.5 Å². The summed E-state index contributed by atoms with van der Waals surface area (Å²) in [6.45, 7) is 1.64. The molecule has 0 radical (unpaired) electrons. The molecule has 4 atom stereocenters. The van der Waals surface area contributed by atoms with Gasteiger partial charge in [-0.25, -0.2) is 0 Å². The van der Waals surface area contributed by atoms with Gasteiger partial charge in [0.15, 0.2) is 0 Å². The lowest BCUT2D eigenvalue weighted by molar-refractivity contribution is -0.141. The number of amides is 1. The van der Waals surface area contributed by atoms with Gasteiger partial charge in [0.2, 0.25) is 17.6 Å². The maximum Gasteiger partial charge on any atom is 0.416 e. The number of likely N-dealkylation sites (tertiary alicyclic amines) is 1. The van der Waals surface area contributed by atoms with Gasteiger partial charge in [-0.3, -0.25) is 4.79 Å². The van der Waals surface area contributed by atoms with Crippen molar-refractivity contribution in [3.63, 3.8) is 0 Å². The SMILES string of the molecule is O=C([C@H]1[C@H]2CC[C@H](C2)[C@@H]1c1nc(-c2ccc(C(F)(F)F)cc2)no1)N1CCC1. The van der Waals surface area contributed by atoms with Crippen LogP contribution in [0.5, 0.6) is 0 Å². The van der Waals surface area contributed by atoms with E-state index in [4.69, 9.17) is 4.52 Å². The zero-order valence-corrected chi connectivity index (χ0v) is 15.2. The Balaban J connectivity index is 1.41. The third kappa shape index (κ3) is 2.81. The van der Waals surface area contributed by atoms with Crippen molar-refractivity contribution in [2.24, 2.45) is 17.8 Å². The third-order valence-corrected chi connectivity index (χ3v) is 6.57. The molecule has 2 aromatic rings. The molecule has 1 aliphatic heterocycles. The van der Waals surface area contributed by atoms with Crippen molar-refractivity contribution in [1.29, 1.82) is 0 Å². The monoisotopic (exact) mass is 391 g/mol. The van der Waals surface area contributed by atoms with Crippen LogP contribution in [0.4, 0.5) is 13.2 Å². The van der Waals surface area contributed by atoms with E-state index < -0.39 is 11.7 Å². The van der Waals surface area contributed by atoms with Crippen LogP contribution in [0.2, 0.25) is 0 Å². The van der Waals surface area contributed by atoms with Crippen molar-refractivity contribution >= 4 is 5.91 Å². The number of rotatable bonds is 3. The molecular weight excluding hydrogens is 371 g/mol. The Kier molecular flexibility index (Phi) is 4.00. The molecule has 1 aromatic carbocycles. The van der Waals surface area contributed by atoms with Gasteiger partial charge in [0.1, 0.15) is 0 Å². The van der Waals surface area contributed by atoms with Crippen LogP contribution < -0.4 is 0 Å². The molecule has 2 saturated carbocycles. The number of carbonyl (C=O) groups excluding carboxylic acids is 1.